The molecule has 0 atom stereocenters. The van der Waals surface area contributed by atoms with Crippen molar-refractivity contribution in [3.8, 4) is 5.75 Å². The van der Waals surface area contributed by atoms with Crippen LogP contribution in [0.3, 0.4) is 0 Å². The summed E-state index contributed by atoms with van der Waals surface area (Å²) in [6.45, 7) is 2.95. The number of benzene rings is 1. The van der Waals surface area contributed by atoms with Gasteiger partial charge < -0.3 is 15.1 Å². The fourth-order valence-corrected chi connectivity index (χ4v) is 1.58. The third-order valence-corrected chi connectivity index (χ3v) is 2.49. The number of nitrogens with zero attached hydrogens (tertiary/aromatic N) is 1. The van der Waals surface area contributed by atoms with Gasteiger partial charge in [0.25, 0.3) is 0 Å². The molecule has 1 rings (SSSR count). The Kier molecular flexibility index (Phi) is 5.94. The first kappa shape index (κ1) is 14.3. The lowest BCUT2D eigenvalue weighted by Gasteiger charge is -2.18. The maximum absolute atomic E-state index is 11.8. The molecule has 0 saturated carbocycles. The summed E-state index contributed by atoms with van der Waals surface area (Å²) in [6, 6.07) is 6.61. The van der Waals surface area contributed by atoms with Crippen molar-refractivity contribution in [2.24, 2.45) is 0 Å². The van der Waals surface area contributed by atoms with Gasteiger partial charge in [0.15, 0.2) is 0 Å². The van der Waals surface area contributed by atoms with Crippen molar-refractivity contribution in [3.05, 3.63) is 35.9 Å². The number of aromatic hydroxyl groups is 1. The largest absolute Gasteiger partial charge is 0.508 e. The first-order valence-electron chi connectivity index (χ1n) is 6.04. The van der Waals surface area contributed by atoms with Crippen molar-refractivity contribution in [2.45, 2.75) is 13.3 Å². The van der Waals surface area contributed by atoms with E-state index < -0.39 is 0 Å². The molecule has 0 heterocycles. The summed E-state index contributed by atoms with van der Waals surface area (Å²) in [5, 5.41) is 18.0. The van der Waals surface area contributed by atoms with Crippen molar-refractivity contribution in [3.63, 3.8) is 0 Å². The average molecular weight is 249 g/mol. The van der Waals surface area contributed by atoms with Gasteiger partial charge in [0.05, 0.1) is 6.61 Å². The first-order chi connectivity index (χ1) is 8.67. The maximum Gasteiger partial charge on any atom is 0.246 e. The molecule has 2 N–H and O–H groups in total. The highest BCUT2D eigenvalue weighted by Gasteiger charge is 2.07. The summed E-state index contributed by atoms with van der Waals surface area (Å²) in [6.07, 6.45) is 4.04. The van der Waals surface area contributed by atoms with Crippen LogP contribution in [0.2, 0.25) is 0 Å². The zero-order valence-corrected chi connectivity index (χ0v) is 10.5. The lowest BCUT2D eigenvalue weighted by Crippen LogP contribution is -2.32. The van der Waals surface area contributed by atoms with Crippen LogP contribution in [0.1, 0.15) is 18.9 Å². The fourth-order valence-electron chi connectivity index (χ4n) is 1.58. The molecule has 0 unspecified atom stereocenters. The average Bonchev–Trinajstić information content (AvgIpc) is 2.37. The molecule has 4 nitrogen and oxygen atoms in total. The lowest BCUT2D eigenvalue weighted by molar-refractivity contribution is -0.126. The Balaban J connectivity index is 2.63. The van der Waals surface area contributed by atoms with E-state index in [1.807, 2.05) is 6.92 Å². The molecule has 1 aromatic carbocycles. The Bertz CT molecular complexity index is 392. The molecule has 18 heavy (non-hydrogen) atoms. The topological polar surface area (TPSA) is 60.8 Å². The number of hydrogen-bond acceptors (Lipinski definition) is 3. The Labute approximate surface area is 107 Å². The number of carbonyl (C=O) groups is 1. The molecule has 0 fully saturated rings. The normalized spacial score (nSPS) is 10.8. The number of aliphatic hydroxyl groups is 1. The number of rotatable bonds is 6. The molecule has 0 aliphatic heterocycles. The number of hydrogen-bond donors (Lipinski definition) is 2. The molecule has 0 saturated heterocycles. The van der Waals surface area contributed by atoms with Gasteiger partial charge in [-0.1, -0.05) is 19.1 Å². The first-order valence-corrected chi connectivity index (χ1v) is 6.04. The van der Waals surface area contributed by atoms with Crippen LogP contribution in [0.25, 0.3) is 6.08 Å². The minimum Gasteiger partial charge on any atom is -0.508 e. The lowest BCUT2D eigenvalue weighted by atomic mass is 10.2. The van der Waals surface area contributed by atoms with Crippen LogP contribution in [0, 0.1) is 0 Å². The molecule has 4 heteroatoms. The molecule has 0 bridgehead atoms. The number of aliphatic hydroxyl groups excluding tert-OH is 1. The van der Waals surface area contributed by atoms with E-state index in [0.29, 0.717) is 13.1 Å². The fraction of sp³-hybridized carbons (Fsp3) is 0.357. The number of phenolic OH excluding ortho intramolecular Hbond substituents is 1. The number of carbonyl (C=O) groups excluding carboxylic acids is 1. The third-order valence-electron chi connectivity index (χ3n) is 2.49. The van der Waals surface area contributed by atoms with Crippen LogP contribution in [-0.2, 0) is 4.79 Å². The van der Waals surface area contributed by atoms with Crippen molar-refractivity contribution in [1.82, 2.24) is 4.90 Å². The standard InChI is InChI=1S/C14H19NO3/c1-2-9-15(10-11-16)14(18)8-5-12-3-6-13(17)7-4-12/h3-8,16-17H,2,9-11H2,1H3. The second-order valence-corrected chi connectivity index (χ2v) is 3.97. The molecule has 0 aliphatic carbocycles. The van der Waals surface area contributed by atoms with Crippen LogP contribution in [0.5, 0.6) is 5.75 Å². The highest BCUT2D eigenvalue weighted by atomic mass is 16.3. The highest BCUT2D eigenvalue weighted by molar-refractivity contribution is 5.91. The summed E-state index contributed by atoms with van der Waals surface area (Å²) in [7, 11) is 0. The molecule has 1 aromatic rings. The van der Waals surface area contributed by atoms with Crippen LogP contribution in [0.4, 0.5) is 0 Å². The van der Waals surface area contributed by atoms with E-state index in [0.717, 1.165) is 12.0 Å². The Morgan fingerprint density at radius 3 is 2.50 bits per heavy atom. The smallest absolute Gasteiger partial charge is 0.246 e. The van der Waals surface area contributed by atoms with Crippen LogP contribution < -0.4 is 0 Å². The summed E-state index contributed by atoms with van der Waals surface area (Å²) >= 11 is 0. The second kappa shape index (κ2) is 7.50. The van der Waals surface area contributed by atoms with E-state index in [1.54, 1.807) is 35.2 Å². The van der Waals surface area contributed by atoms with Gasteiger partial charge in [0.2, 0.25) is 5.91 Å². The molecule has 0 radical (unpaired) electrons. The van der Waals surface area contributed by atoms with E-state index in [2.05, 4.69) is 0 Å². The molecule has 0 aromatic heterocycles. The quantitative estimate of drug-likeness (QED) is 0.753. The summed E-state index contributed by atoms with van der Waals surface area (Å²) in [5.41, 5.74) is 0.849. The van der Waals surface area contributed by atoms with Crippen LogP contribution >= 0.6 is 0 Å². The van der Waals surface area contributed by atoms with Gasteiger partial charge in [-0.05, 0) is 30.2 Å². The molecule has 1 amide bonds. The van der Waals surface area contributed by atoms with Gasteiger partial charge >= 0.3 is 0 Å². The summed E-state index contributed by atoms with van der Waals surface area (Å²) in [4.78, 5) is 13.5. The van der Waals surface area contributed by atoms with E-state index >= 15 is 0 Å². The van der Waals surface area contributed by atoms with E-state index in [4.69, 9.17) is 10.2 Å². The molecule has 0 aliphatic rings. The molecular formula is C14H19NO3. The zero-order valence-electron chi connectivity index (χ0n) is 10.5. The highest BCUT2D eigenvalue weighted by Crippen LogP contribution is 2.10. The van der Waals surface area contributed by atoms with Gasteiger partial charge in [-0.25, -0.2) is 0 Å². The predicted molar refractivity (Wildman–Crippen MR) is 71.1 cm³/mol. The molecular weight excluding hydrogens is 230 g/mol. The maximum atomic E-state index is 11.8. The van der Waals surface area contributed by atoms with Gasteiger partial charge in [-0.2, -0.15) is 0 Å². The van der Waals surface area contributed by atoms with Crippen LogP contribution in [-0.4, -0.2) is 40.7 Å². The van der Waals surface area contributed by atoms with E-state index in [9.17, 15) is 4.79 Å². The van der Waals surface area contributed by atoms with Crippen molar-refractivity contribution >= 4 is 12.0 Å². The predicted octanol–water partition coefficient (Wildman–Crippen LogP) is 1.64. The van der Waals surface area contributed by atoms with E-state index in [1.165, 1.54) is 6.08 Å². The summed E-state index contributed by atoms with van der Waals surface area (Å²) < 4.78 is 0. The van der Waals surface area contributed by atoms with E-state index in [-0.39, 0.29) is 18.3 Å². The van der Waals surface area contributed by atoms with Gasteiger partial charge in [0, 0.05) is 19.2 Å². The van der Waals surface area contributed by atoms with Crippen LogP contribution in [0.15, 0.2) is 30.3 Å². The SMILES string of the molecule is CCCN(CCO)C(=O)C=Cc1ccc(O)cc1. The Hall–Kier alpha value is -1.81. The Morgan fingerprint density at radius 2 is 1.94 bits per heavy atom. The minimum absolute atomic E-state index is 0.0290. The monoisotopic (exact) mass is 249 g/mol. The number of phenols is 1. The molecule has 0 spiro atoms. The summed E-state index contributed by atoms with van der Waals surface area (Å²) in [5.74, 6) is 0.0883. The zero-order chi connectivity index (χ0) is 13.4. The van der Waals surface area contributed by atoms with Crippen molar-refractivity contribution in [2.75, 3.05) is 19.7 Å². The molecule has 98 valence electrons. The van der Waals surface area contributed by atoms with Gasteiger partial charge in [0.1, 0.15) is 5.75 Å². The second-order valence-electron chi connectivity index (χ2n) is 3.97. The van der Waals surface area contributed by atoms with Crippen molar-refractivity contribution < 1.29 is 15.0 Å². The van der Waals surface area contributed by atoms with Crippen molar-refractivity contribution in [1.29, 1.82) is 0 Å². The van der Waals surface area contributed by atoms with Gasteiger partial charge in [-0.15, -0.1) is 0 Å². The minimum atomic E-state index is -0.112. The number of amides is 1. The third kappa shape index (κ3) is 4.59. The Morgan fingerprint density at radius 1 is 1.28 bits per heavy atom. The van der Waals surface area contributed by atoms with Gasteiger partial charge in [-0.3, -0.25) is 4.79 Å².